The fourth-order valence-electron chi connectivity index (χ4n) is 1.57. The molecule has 1 nitrogen and oxygen atoms in total. The van der Waals surface area contributed by atoms with Crippen molar-refractivity contribution < 1.29 is 0 Å². The maximum atomic E-state index is 9.06. The predicted molar refractivity (Wildman–Crippen MR) is 60.7 cm³/mol. The Morgan fingerprint density at radius 1 is 1.43 bits per heavy atom. The molecule has 0 aliphatic rings. The van der Waals surface area contributed by atoms with Gasteiger partial charge in [0.25, 0.3) is 0 Å². The third kappa shape index (κ3) is 1.30. The molecule has 2 heteroatoms. The number of aryl methyl sites for hydroxylation is 2. The summed E-state index contributed by atoms with van der Waals surface area (Å²) in [6.45, 7) is 4.13. The maximum Gasteiger partial charge on any atom is 0.101 e. The van der Waals surface area contributed by atoms with Gasteiger partial charge >= 0.3 is 0 Å². The summed E-state index contributed by atoms with van der Waals surface area (Å²) in [5, 5.41) is 10.3. The highest BCUT2D eigenvalue weighted by atomic mass is 32.1. The van der Waals surface area contributed by atoms with Gasteiger partial charge in [-0.2, -0.15) is 5.26 Å². The zero-order valence-corrected chi connectivity index (χ0v) is 9.11. The van der Waals surface area contributed by atoms with E-state index < -0.39 is 0 Å². The fourth-order valence-corrected chi connectivity index (χ4v) is 2.71. The number of rotatable bonds is 1. The van der Waals surface area contributed by atoms with Crippen LogP contribution in [-0.2, 0) is 6.42 Å². The molecule has 0 saturated heterocycles. The van der Waals surface area contributed by atoms with Gasteiger partial charge in [0.15, 0.2) is 0 Å². The Morgan fingerprint density at radius 3 is 2.86 bits per heavy atom. The van der Waals surface area contributed by atoms with Crippen molar-refractivity contribution in [3.63, 3.8) is 0 Å². The van der Waals surface area contributed by atoms with Gasteiger partial charge in [0.2, 0.25) is 0 Å². The molecule has 0 aliphatic carbocycles. The van der Waals surface area contributed by atoms with E-state index in [0.717, 1.165) is 22.2 Å². The van der Waals surface area contributed by atoms with E-state index in [-0.39, 0.29) is 0 Å². The third-order valence-electron chi connectivity index (χ3n) is 2.41. The first-order chi connectivity index (χ1) is 6.76. The lowest BCUT2D eigenvalue weighted by molar-refractivity contribution is 1.19. The van der Waals surface area contributed by atoms with Crippen LogP contribution in [0.25, 0.3) is 10.1 Å². The fraction of sp³-hybridized carbons (Fsp3) is 0.250. The van der Waals surface area contributed by atoms with Crippen molar-refractivity contribution >= 4 is 21.4 Å². The minimum absolute atomic E-state index is 0.840. The van der Waals surface area contributed by atoms with Crippen molar-refractivity contribution in [3.8, 4) is 6.07 Å². The summed E-state index contributed by atoms with van der Waals surface area (Å²) < 4.78 is 1.14. The molecule has 1 aromatic carbocycles. The van der Waals surface area contributed by atoms with Crippen LogP contribution in [0.5, 0.6) is 0 Å². The summed E-state index contributed by atoms with van der Waals surface area (Å²) in [5.74, 6) is 0. The molecule has 0 N–H and O–H groups in total. The van der Waals surface area contributed by atoms with Crippen LogP contribution in [0.3, 0.4) is 0 Å². The van der Waals surface area contributed by atoms with Crippen molar-refractivity contribution in [1.82, 2.24) is 0 Å². The van der Waals surface area contributed by atoms with E-state index in [9.17, 15) is 0 Å². The lowest BCUT2D eigenvalue weighted by Gasteiger charge is -1.96. The van der Waals surface area contributed by atoms with Crippen LogP contribution in [0.1, 0.15) is 22.9 Å². The SMILES string of the molecule is CCc1cc2ccc(C)c(C#N)c2s1. The number of nitriles is 1. The summed E-state index contributed by atoms with van der Waals surface area (Å²) in [4.78, 5) is 1.35. The molecule has 14 heavy (non-hydrogen) atoms. The van der Waals surface area contributed by atoms with Crippen LogP contribution >= 0.6 is 11.3 Å². The normalized spacial score (nSPS) is 10.4. The number of hydrogen-bond donors (Lipinski definition) is 0. The van der Waals surface area contributed by atoms with Crippen molar-refractivity contribution in [3.05, 3.63) is 34.2 Å². The molecule has 0 amide bonds. The summed E-state index contributed by atoms with van der Waals surface area (Å²) in [7, 11) is 0. The monoisotopic (exact) mass is 201 g/mol. The molecule has 0 saturated carbocycles. The summed E-state index contributed by atoms with van der Waals surface area (Å²) >= 11 is 1.74. The van der Waals surface area contributed by atoms with E-state index in [2.05, 4.69) is 25.1 Å². The minimum atomic E-state index is 0.840. The van der Waals surface area contributed by atoms with Gasteiger partial charge in [0.05, 0.1) is 10.3 Å². The van der Waals surface area contributed by atoms with Gasteiger partial charge in [-0.3, -0.25) is 0 Å². The maximum absolute atomic E-state index is 9.06. The molecule has 1 aromatic heterocycles. The standard InChI is InChI=1S/C12H11NS/c1-3-10-6-9-5-4-8(2)11(7-13)12(9)14-10/h4-6H,3H2,1-2H3. The highest BCUT2D eigenvalue weighted by Gasteiger charge is 2.07. The highest BCUT2D eigenvalue weighted by molar-refractivity contribution is 7.19. The van der Waals surface area contributed by atoms with Crippen molar-refractivity contribution in [2.24, 2.45) is 0 Å². The molecular weight excluding hydrogens is 190 g/mol. The van der Waals surface area contributed by atoms with Gasteiger partial charge in [-0.05, 0) is 30.4 Å². The molecular formula is C12H11NS. The van der Waals surface area contributed by atoms with Gasteiger partial charge in [0, 0.05) is 4.88 Å². The molecule has 2 rings (SSSR count). The number of benzene rings is 1. The van der Waals surface area contributed by atoms with E-state index in [1.807, 2.05) is 13.0 Å². The average Bonchev–Trinajstić information content (AvgIpc) is 2.60. The van der Waals surface area contributed by atoms with Gasteiger partial charge in [0.1, 0.15) is 6.07 Å². The average molecular weight is 201 g/mol. The summed E-state index contributed by atoms with van der Waals surface area (Å²) in [6.07, 6.45) is 1.04. The lowest BCUT2D eigenvalue weighted by atomic mass is 10.1. The highest BCUT2D eigenvalue weighted by Crippen LogP contribution is 2.30. The lowest BCUT2D eigenvalue weighted by Crippen LogP contribution is -1.80. The van der Waals surface area contributed by atoms with Gasteiger partial charge < -0.3 is 0 Å². The Bertz CT molecular complexity index is 517. The largest absolute Gasteiger partial charge is 0.192 e. The quantitative estimate of drug-likeness (QED) is 0.691. The number of nitrogens with zero attached hydrogens (tertiary/aromatic N) is 1. The molecule has 0 aliphatic heterocycles. The first-order valence-corrected chi connectivity index (χ1v) is 5.50. The van der Waals surface area contributed by atoms with Gasteiger partial charge in [-0.15, -0.1) is 11.3 Å². The zero-order chi connectivity index (χ0) is 10.1. The number of fused-ring (bicyclic) bond motifs is 1. The van der Waals surface area contributed by atoms with E-state index in [4.69, 9.17) is 5.26 Å². The van der Waals surface area contributed by atoms with Crippen LogP contribution in [0.4, 0.5) is 0 Å². The zero-order valence-electron chi connectivity index (χ0n) is 8.29. The molecule has 0 bridgehead atoms. The Balaban J connectivity index is 2.81. The van der Waals surface area contributed by atoms with E-state index in [1.165, 1.54) is 10.3 Å². The molecule has 0 radical (unpaired) electrons. The van der Waals surface area contributed by atoms with Crippen LogP contribution < -0.4 is 0 Å². The topological polar surface area (TPSA) is 23.8 Å². The Hall–Kier alpha value is -1.33. The van der Waals surface area contributed by atoms with Crippen molar-refractivity contribution in [2.75, 3.05) is 0 Å². The second kappa shape index (κ2) is 3.43. The first kappa shape index (κ1) is 9.23. The van der Waals surface area contributed by atoms with E-state index >= 15 is 0 Å². The smallest absolute Gasteiger partial charge is 0.101 e. The van der Waals surface area contributed by atoms with Crippen molar-refractivity contribution in [1.29, 1.82) is 5.26 Å². The molecule has 0 fully saturated rings. The third-order valence-corrected chi connectivity index (χ3v) is 3.72. The number of thiophene rings is 1. The Kier molecular flexibility index (Phi) is 2.26. The van der Waals surface area contributed by atoms with Gasteiger partial charge in [-0.1, -0.05) is 19.1 Å². The van der Waals surface area contributed by atoms with Crippen LogP contribution in [-0.4, -0.2) is 0 Å². The molecule has 0 unspecified atom stereocenters. The number of hydrogen-bond acceptors (Lipinski definition) is 2. The second-order valence-corrected chi connectivity index (χ2v) is 4.49. The Morgan fingerprint density at radius 2 is 2.21 bits per heavy atom. The van der Waals surface area contributed by atoms with Crippen molar-refractivity contribution in [2.45, 2.75) is 20.3 Å². The Labute approximate surface area is 87.6 Å². The molecule has 0 atom stereocenters. The van der Waals surface area contributed by atoms with E-state index in [0.29, 0.717) is 0 Å². The summed E-state index contributed by atoms with van der Waals surface area (Å²) in [5.41, 5.74) is 1.91. The van der Waals surface area contributed by atoms with Crippen LogP contribution in [0, 0.1) is 18.3 Å². The minimum Gasteiger partial charge on any atom is -0.192 e. The molecule has 1 heterocycles. The second-order valence-electron chi connectivity index (χ2n) is 3.35. The molecule has 0 spiro atoms. The molecule has 2 aromatic rings. The summed E-state index contributed by atoms with van der Waals surface area (Å²) in [6, 6.07) is 8.59. The van der Waals surface area contributed by atoms with E-state index in [1.54, 1.807) is 11.3 Å². The van der Waals surface area contributed by atoms with Crippen LogP contribution in [0.2, 0.25) is 0 Å². The first-order valence-electron chi connectivity index (χ1n) is 4.68. The van der Waals surface area contributed by atoms with Crippen LogP contribution in [0.15, 0.2) is 18.2 Å². The predicted octanol–water partition coefficient (Wildman–Crippen LogP) is 3.64. The van der Waals surface area contributed by atoms with Gasteiger partial charge in [-0.25, -0.2) is 0 Å². The molecule has 70 valence electrons.